The van der Waals surface area contributed by atoms with E-state index < -0.39 is 11.9 Å². The molecule has 21 heavy (non-hydrogen) atoms. The maximum atomic E-state index is 11.9. The summed E-state index contributed by atoms with van der Waals surface area (Å²) in [4.78, 5) is 15.7. The highest BCUT2D eigenvalue weighted by Crippen LogP contribution is 2.17. The van der Waals surface area contributed by atoms with Crippen LogP contribution in [-0.4, -0.2) is 42.6 Å². The lowest BCUT2D eigenvalue weighted by Crippen LogP contribution is -2.37. The lowest BCUT2D eigenvalue weighted by Gasteiger charge is -2.28. The van der Waals surface area contributed by atoms with Gasteiger partial charge >= 0.3 is 5.69 Å². The summed E-state index contributed by atoms with van der Waals surface area (Å²) in [5.74, 6) is 0.240. The summed E-state index contributed by atoms with van der Waals surface area (Å²) in [5, 5.41) is 0. The molecule has 0 aliphatic rings. The number of aryl methyl sites for hydroxylation is 1. The van der Waals surface area contributed by atoms with Crippen LogP contribution in [0.3, 0.4) is 0 Å². The van der Waals surface area contributed by atoms with Crippen molar-refractivity contribution in [1.82, 2.24) is 9.55 Å². The number of rotatable bonds is 8. The van der Waals surface area contributed by atoms with E-state index in [0.29, 0.717) is 6.61 Å². The minimum atomic E-state index is -0.469. The average Bonchev–Trinajstić information content (AvgIpc) is 2.46. The molecule has 0 radical (unpaired) electrons. The predicted octanol–water partition coefficient (Wildman–Crippen LogP) is 1.11. The van der Waals surface area contributed by atoms with Crippen LogP contribution in [0.2, 0.25) is 0 Å². The third kappa shape index (κ3) is 4.52. The summed E-state index contributed by atoms with van der Waals surface area (Å²) in [5.41, 5.74) is 5.93. The van der Waals surface area contributed by atoms with Crippen molar-refractivity contribution in [2.45, 2.75) is 45.6 Å². The highest BCUT2D eigenvalue weighted by molar-refractivity contribution is 5.35. The van der Waals surface area contributed by atoms with Gasteiger partial charge in [-0.2, -0.15) is 4.98 Å². The molecular formula is C14H25N3O4. The Morgan fingerprint density at radius 1 is 1.38 bits per heavy atom. The van der Waals surface area contributed by atoms with Gasteiger partial charge in [-0.15, -0.1) is 0 Å². The van der Waals surface area contributed by atoms with Crippen molar-refractivity contribution in [1.29, 1.82) is 0 Å². The second kappa shape index (κ2) is 8.11. The van der Waals surface area contributed by atoms with E-state index in [4.69, 9.17) is 19.9 Å². The molecule has 0 bridgehead atoms. The van der Waals surface area contributed by atoms with E-state index in [9.17, 15) is 4.79 Å². The zero-order chi connectivity index (χ0) is 16.0. The van der Waals surface area contributed by atoms with Gasteiger partial charge in [0, 0.05) is 26.0 Å². The average molecular weight is 299 g/mol. The number of nitrogens with two attached hydrogens (primary N) is 1. The number of hydrogen-bond donors (Lipinski definition) is 1. The highest BCUT2D eigenvalue weighted by atomic mass is 16.6. The molecule has 0 aliphatic carbocycles. The molecular weight excluding hydrogens is 274 g/mol. The van der Waals surface area contributed by atoms with Gasteiger partial charge in [-0.3, -0.25) is 4.57 Å². The van der Waals surface area contributed by atoms with Crippen molar-refractivity contribution in [3.63, 3.8) is 0 Å². The fourth-order valence-electron chi connectivity index (χ4n) is 2.10. The minimum absolute atomic E-state index is 0.185. The van der Waals surface area contributed by atoms with Crippen molar-refractivity contribution >= 4 is 5.82 Å². The fraction of sp³-hybridized carbons (Fsp3) is 0.714. The van der Waals surface area contributed by atoms with Crippen molar-refractivity contribution in [3.8, 4) is 0 Å². The molecule has 0 fully saturated rings. The largest absolute Gasteiger partial charge is 0.383 e. The number of methoxy groups -OCH3 is 2. The molecule has 0 saturated heterocycles. The SMILES string of the molecule is CC[C@H](OC(C)n1cc(C)c(N)nc1=O)C(COC)OC. The Morgan fingerprint density at radius 2 is 2.05 bits per heavy atom. The highest BCUT2D eigenvalue weighted by Gasteiger charge is 2.23. The van der Waals surface area contributed by atoms with Crippen LogP contribution in [0.25, 0.3) is 0 Å². The topological polar surface area (TPSA) is 88.6 Å². The Morgan fingerprint density at radius 3 is 2.57 bits per heavy atom. The van der Waals surface area contributed by atoms with Crippen LogP contribution < -0.4 is 11.4 Å². The van der Waals surface area contributed by atoms with Crippen LogP contribution in [0, 0.1) is 6.92 Å². The minimum Gasteiger partial charge on any atom is -0.383 e. The maximum Gasteiger partial charge on any atom is 0.351 e. The van der Waals surface area contributed by atoms with Crippen LogP contribution in [0.4, 0.5) is 5.82 Å². The van der Waals surface area contributed by atoms with Crippen molar-refractivity contribution in [3.05, 3.63) is 22.2 Å². The first-order valence-corrected chi connectivity index (χ1v) is 6.97. The lowest BCUT2D eigenvalue weighted by molar-refractivity contribution is -0.126. The van der Waals surface area contributed by atoms with Crippen LogP contribution in [0.1, 0.15) is 32.1 Å². The van der Waals surface area contributed by atoms with E-state index in [-0.39, 0.29) is 18.0 Å². The van der Waals surface area contributed by atoms with Crippen molar-refractivity contribution in [2.75, 3.05) is 26.6 Å². The quantitative estimate of drug-likeness (QED) is 0.773. The summed E-state index contributed by atoms with van der Waals surface area (Å²) < 4.78 is 17.9. The molecule has 1 heterocycles. The van der Waals surface area contributed by atoms with E-state index in [2.05, 4.69) is 4.98 Å². The van der Waals surface area contributed by atoms with Crippen LogP contribution in [-0.2, 0) is 14.2 Å². The number of aromatic nitrogens is 2. The second-order valence-electron chi connectivity index (χ2n) is 4.91. The number of nitrogens with zero attached hydrogens (tertiary/aromatic N) is 2. The number of anilines is 1. The van der Waals surface area contributed by atoms with Gasteiger partial charge in [-0.05, 0) is 20.3 Å². The Kier molecular flexibility index (Phi) is 6.80. The normalized spacial score (nSPS) is 15.7. The summed E-state index contributed by atoms with van der Waals surface area (Å²) in [6.45, 7) is 6.01. The molecule has 7 nitrogen and oxygen atoms in total. The summed E-state index contributed by atoms with van der Waals surface area (Å²) in [7, 11) is 3.22. The zero-order valence-electron chi connectivity index (χ0n) is 13.3. The molecule has 2 N–H and O–H groups in total. The number of nitrogen functional groups attached to an aromatic ring is 1. The Bertz CT molecular complexity index is 503. The first kappa shape index (κ1) is 17.6. The molecule has 0 aliphatic heterocycles. The van der Waals surface area contributed by atoms with Gasteiger partial charge in [0.2, 0.25) is 0 Å². The molecule has 0 spiro atoms. The van der Waals surface area contributed by atoms with Gasteiger partial charge in [0.05, 0.1) is 12.7 Å². The third-order valence-electron chi connectivity index (χ3n) is 3.39. The van der Waals surface area contributed by atoms with E-state index in [1.165, 1.54) is 4.57 Å². The first-order chi connectivity index (χ1) is 9.94. The van der Waals surface area contributed by atoms with E-state index >= 15 is 0 Å². The standard InChI is InChI=1S/C14H25N3O4/c1-6-11(12(20-5)8-19-4)21-10(3)17-7-9(2)13(15)16-14(17)18/h7,10-12H,6,8H2,1-5H3,(H2,15,16,18)/t10?,11-,12?/m0/s1. The number of hydrogen-bond acceptors (Lipinski definition) is 6. The van der Waals surface area contributed by atoms with Crippen molar-refractivity contribution < 1.29 is 14.2 Å². The molecule has 120 valence electrons. The van der Waals surface area contributed by atoms with Gasteiger partial charge in [0.1, 0.15) is 18.1 Å². The summed E-state index contributed by atoms with van der Waals surface area (Å²) in [6.07, 6.45) is 1.54. The Labute approximate surface area is 125 Å². The lowest BCUT2D eigenvalue weighted by atomic mass is 10.1. The Hall–Kier alpha value is -1.44. The van der Waals surface area contributed by atoms with Gasteiger partial charge in [-0.1, -0.05) is 6.92 Å². The van der Waals surface area contributed by atoms with E-state index in [1.54, 1.807) is 34.3 Å². The van der Waals surface area contributed by atoms with Crippen LogP contribution >= 0.6 is 0 Å². The molecule has 3 atom stereocenters. The van der Waals surface area contributed by atoms with E-state index in [1.807, 2.05) is 6.92 Å². The van der Waals surface area contributed by atoms with Crippen LogP contribution in [0.15, 0.2) is 11.0 Å². The zero-order valence-corrected chi connectivity index (χ0v) is 13.3. The summed E-state index contributed by atoms with van der Waals surface area (Å²) >= 11 is 0. The van der Waals surface area contributed by atoms with Crippen LogP contribution in [0.5, 0.6) is 0 Å². The predicted molar refractivity (Wildman–Crippen MR) is 80.2 cm³/mol. The molecule has 2 unspecified atom stereocenters. The molecule has 0 amide bonds. The third-order valence-corrected chi connectivity index (χ3v) is 3.39. The molecule has 7 heteroatoms. The maximum absolute atomic E-state index is 11.9. The number of ether oxygens (including phenoxy) is 3. The van der Waals surface area contributed by atoms with Crippen molar-refractivity contribution in [2.24, 2.45) is 0 Å². The second-order valence-corrected chi connectivity index (χ2v) is 4.91. The molecule has 0 saturated carbocycles. The monoisotopic (exact) mass is 299 g/mol. The van der Waals surface area contributed by atoms with E-state index in [0.717, 1.165) is 12.0 Å². The fourth-order valence-corrected chi connectivity index (χ4v) is 2.10. The molecule has 1 aromatic rings. The molecule has 0 aromatic carbocycles. The van der Waals surface area contributed by atoms with Gasteiger partial charge in [0.15, 0.2) is 0 Å². The smallest absolute Gasteiger partial charge is 0.351 e. The Balaban J connectivity index is 2.90. The molecule has 1 aromatic heterocycles. The summed E-state index contributed by atoms with van der Waals surface area (Å²) in [6, 6.07) is 0. The first-order valence-electron chi connectivity index (χ1n) is 6.97. The van der Waals surface area contributed by atoms with Gasteiger partial charge in [-0.25, -0.2) is 4.79 Å². The van der Waals surface area contributed by atoms with Gasteiger partial charge < -0.3 is 19.9 Å². The van der Waals surface area contributed by atoms with Gasteiger partial charge in [0.25, 0.3) is 0 Å². The molecule has 1 rings (SSSR count).